The number of carbonyl (C=O) groups is 2. The molecule has 19 heteroatoms. The van der Waals surface area contributed by atoms with Gasteiger partial charge in [-0.15, -0.1) is 0 Å². The smallest absolute Gasteiger partial charge is 0.141 e. The number of Topliss-reactive ketones (excluding diaryl/α,β-unsaturated/α-hetero) is 2. The third kappa shape index (κ3) is 29.4. The summed E-state index contributed by atoms with van der Waals surface area (Å²) in [6.45, 7) is 104. The number of hydrogen-bond donors (Lipinski definition) is 0. The lowest BCUT2D eigenvalue weighted by Gasteiger charge is -2.55. The maximum atomic E-state index is 11.9. The van der Waals surface area contributed by atoms with Crippen LogP contribution in [0.15, 0.2) is 0 Å². The molecule has 20 atom stereocenters. The fraction of sp³-hybridized carbons (Fsp3) is 0.983. The van der Waals surface area contributed by atoms with E-state index in [2.05, 4.69) is 266 Å². The fourth-order valence-corrected chi connectivity index (χ4v) is 27.1. The topological polar surface area (TPSA) is 137 Å². The largest absolute Gasteiger partial charge is 0.378 e. The zero-order chi connectivity index (χ0) is 101. The van der Waals surface area contributed by atoms with E-state index in [0.29, 0.717) is 109 Å². The van der Waals surface area contributed by atoms with Gasteiger partial charge in [-0.2, -0.15) is 0 Å². The van der Waals surface area contributed by atoms with Crippen LogP contribution in [0.1, 0.15) is 397 Å². The molecule has 0 radical (unpaired) electrons. The van der Waals surface area contributed by atoms with Gasteiger partial charge in [0.1, 0.15) is 17.2 Å². The summed E-state index contributed by atoms with van der Waals surface area (Å²) < 4.78 is 49.1. The van der Waals surface area contributed by atoms with Crippen molar-refractivity contribution in [2.24, 2.45) is 75.9 Å². The predicted octanol–water partition coefficient (Wildman–Crippen LogP) is 22.6. The van der Waals surface area contributed by atoms with Gasteiger partial charge < -0.3 is 62.4 Å². The van der Waals surface area contributed by atoms with E-state index in [9.17, 15) is 9.59 Å². The summed E-state index contributed by atoms with van der Waals surface area (Å²) in [5.41, 5.74) is 2.05. The SMILES string of the molecule is CC1CC2(CCN(C(C)C)CC2)OC1C.CC1CCC2(CCN(C(C)C)C2)OC1C.CC1CCC2(CCN(C(C)C)CC2)C1C.CC1CCC2(CCN(C(C)C)CC2)OC1C.CC1CCC2(CN(C(C)C)C2)OC1C.CC1COC2(CCN(C(C)C)CC2)C1C.CC1OC2(CC(=O)C1C)CN(C(C)C)C2.CC1OC2(CCN(C(C)C)C2)CC(=O)C1C.CC1OCC2(CCN(C(C)C)CC2)C1C. The van der Waals surface area contributed by atoms with Crippen molar-refractivity contribution in [2.45, 2.75) is 533 Å². The van der Waals surface area contributed by atoms with E-state index < -0.39 is 0 Å². The number of nitrogens with zero attached hydrogens (tertiary/aromatic N) is 9. The van der Waals surface area contributed by atoms with Crippen LogP contribution >= 0.6 is 0 Å². The van der Waals surface area contributed by atoms with E-state index in [1.807, 2.05) is 27.7 Å². The fourth-order valence-electron chi connectivity index (χ4n) is 27.1. The Balaban J connectivity index is 0.000000158. The van der Waals surface area contributed by atoms with Crippen LogP contribution in [-0.4, -0.2) is 323 Å². The van der Waals surface area contributed by atoms with Crippen LogP contribution in [0.4, 0.5) is 0 Å². The number of ketones is 2. The summed E-state index contributed by atoms with van der Waals surface area (Å²) in [6, 6.07) is 5.99. The molecule has 17 aliphatic heterocycles. The molecule has 9 spiro atoms. The number of ether oxygens (including phenoxy) is 8. The molecule has 20 unspecified atom stereocenters. The summed E-state index contributed by atoms with van der Waals surface area (Å²) in [4.78, 5) is 46.5. The minimum Gasteiger partial charge on any atom is -0.378 e. The standard InChI is InChI=1S/C14H27NO.C14H27N.C13H23NO2.4C13H25NO.C12H21NO2.C12H23NO/c1-11(2)15-9-7-14(8-10-15)6-5-12(3)13(4)16-14;1-11(2)15-9-7-14(8-10-15)6-5-12(3)13(14)4;1-9(2)14-6-5-13(8-14)7-12(15)10(3)11(4)16-13;1-10(2)14-7-5-13(6-8-14)9-15-12(4)11(13)3;1-10(2)14-7-5-13(6-8-14)12(4)11(3)9-15-13;1-10(2)14-7-5-13(6-8-14)9-11(3)12(4)15-13;1-10(2)14-8-7-13(9-14)6-5-11(3)12(4)15-13;1-8(2)13-6-12(7-13)5-11(14)9(3)10(4)15-12;1-9(2)13-7-12(8-13)6-5-10(3)11(4)14-12/h11-13H,5-10H2,1-4H3;11-13H,5-10H2,1-4H3;9-11H,5-8H2,1-4H3;4*10-12H,5-9H2,1-4H3;8-10H,5-7H2,1-4H3;9-11H,5-8H2,1-4H3. The van der Waals surface area contributed by atoms with E-state index in [0.717, 1.165) is 130 Å². The number of likely N-dealkylation sites (tertiary alicyclic amines) is 9. The lowest BCUT2D eigenvalue weighted by molar-refractivity contribution is -0.213. The van der Waals surface area contributed by atoms with Gasteiger partial charge in [-0.1, -0.05) is 76.2 Å². The maximum Gasteiger partial charge on any atom is 0.141 e. The van der Waals surface area contributed by atoms with Gasteiger partial charge in [-0.05, 0) is 393 Å². The normalized spacial score (nSPS) is 37.8. The third-order valence-electron chi connectivity index (χ3n) is 40.5. The van der Waals surface area contributed by atoms with E-state index >= 15 is 0 Å². The van der Waals surface area contributed by atoms with Crippen LogP contribution in [0, 0.1) is 75.9 Å². The van der Waals surface area contributed by atoms with Gasteiger partial charge >= 0.3 is 0 Å². The summed E-state index contributed by atoms with van der Waals surface area (Å²) in [5, 5.41) is 0. The first-order chi connectivity index (χ1) is 63.6. The highest BCUT2D eigenvalue weighted by atomic mass is 16.5. The van der Waals surface area contributed by atoms with Crippen LogP contribution in [0.2, 0.25) is 0 Å². The van der Waals surface area contributed by atoms with Crippen molar-refractivity contribution in [1.82, 2.24) is 44.1 Å². The van der Waals surface area contributed by atoms with Gasteiger partial charge in [0.25, 0.3) is 0 Å². The van der Waals surface area contributed by atoms with Gasteiger partial charge in [0, 0.05) is 176 Å². The first-order valence-corrected chi connectivity index (χ1v) is 57.7. The Morgan fingerprint density at radius 1 is 0.243 bits per heavy atom. The zero-order valence-corrected chi connectivity index (χ0v) is 95.6. The van der Waals surface area contributed by atoms with Crippen LogP contribution < -0.4 is 0 Å². The molecule has 136 heavy (non-hydrogen) atoms. The summed E-state index contributed by atoms with van der Waals surface area (Å²) in [6.07, 6.45) is 31.0. The van der Waals surface area contributed by atoms with Crippen molar-refractivity contribution in [1.29, 1.82) is 0 Å². The lowest BCUT2D eigenvalue weighted by Crippen LogP contribution is -2.68. The predicted molar refractivity (Wildman–Crippen MR) is 566 cm³/mol. The third-order valence-corrected chi connectivity index (χ3v) is 40.5. The van der Waals surface area contributed by atoms with E-state index in [1.54, 1.807) is 0 Å². The van der Waals surface area contributed by atoms with Crippen molar-refractivity contribution in [3.05, 3.63) is 0 Å². The van der Waals surface area contributed by atoms with Crippen molar-refractivity contribution >= 4 is 11.6 Å². The zero-order valence-electron chi connectivity index (χ0n) is 95.6. The Morgan fingerprint density at radius 3 is 0.890 bits per heavy atom. The first kappa shape index (κ1) is 117. The monoisotopic (exact) mass is 1910 g/mol. The molecular formula is C117H221N9O10. The quantitative estimate of drug-likeness (QED) is 0.216. The van der Waals surface area contributed by atoms with Gasteiger partial charge in [-0.25, -0.2) is 0 Å². The molecule has 0 N–H and O–H groups in total. The number of hydrogen-bond acceptors (Lipinski definition) is 19. The molecule has 1 saturated carbocycles. The minimum absolute atomic E-state index is 0.0683. The second kappa shape index (κ2) is 49.7. The number of rotatable bonds is 9. The molecular weight excluding hydrogens is 1690 g/mol. The second-order valence-corrected chi connectivity index (χ2v) is 52.4. The Kier molecular flexibility index (Phi) is 42.6. The summed E-state index contributed by atoms with van der Waals surface area (Å²) in [5.74, 6) is 8.03. The van der Waals surface area contributed by atoms with Crippen molar-refractivity contribution in [2.75, 3.05) is 131 Å². The molecule has 17 saturated heterocycles. The minimum atomic E-state index is -0.173. The van der Waals surface area contributed by atoms with Crippen LogP contribution in [0.25, 0.3) is 0 Å². The molecule has 18 aliphatic rings. The Labute approximate surface area is 838 Å². The van der Waals surface area contributed by atoms with Gasteiger partial charge in [0.05, 0.1) is 89.5 Å². The first-order valence-electron chi connectivity index (χ1n) is 57.7. The van der Waals surface area contributed by atoms with Crippen LogP contribution in [0.5, 0.6) is 0 Å². The van der Waals surface area contributed by atoms with E-state index in [1.165, 1.54) is 200 Å². The molecule has 794 valence electrons. The number of piperidine rings is 5. The highest BCUT2D eigenvalue weighted by molar-refractivity contribution is 5.83. The highest BCUT2D eigenvalue weighted by Crippen LogP contribution is 2.54. The molecule has 0 aromatic rings. The molecule has 0 amide bonds. The van der Waals surface area contributed by atoms with Gasteiger partial charge in [0.15, 0.2) is 0 Å². The molecule has 0 aromatic heterocycles. The maximum absolute atomic E-state index is 11.9. The highest BCUT2D eigenvalue weighted by Gasteiger charge is 2.56. The molecule has 19 nitrogen and oxygen atoms in total. The molecule has 17 heterocycles. The van der Waals surface area contributed by atoms with Gasteiger partial charge in [0.2, 0.25) is 0 Å². The number of carbonyl (C=O) groups excluding carboxylic acids is 2. The average Bonchev–Trinajstić information content (AvgIpc) is 1.09. The van der Waals surface area contributed by atoms with Crippen molar-refractivity contribution < 1.29 is 47.5 Å². The van der Waals surface area contributed by atoms with Gasteiger partial charge in [-0.3, -0.25) is 29.2 Å². The summed E-state index contributed by atoms with van der Waals surface area (Å²) in [7, 11) is 0. The Bertz CT molecular complexity index is 3400. The van der Waals surface area contributed by atoms with Crippen LogP contribution in [-0.2, 0) is 47.5 Å². The van der Waals surface area contributed by atoms with E-state index in [-0.39, 0.29) is 63.3 Å². The molecule has 1 aliphatic carbocycles. The van der Waals surface area contributed by atoms with Crippen LogP contribution in [0.3, 0.4) is 0 Å². The molecule has 18 rings (SSSR count). The van der Waals surface area contributed by atoms with Crippen molar-refractivity contribution in [3.8, 4) is 0 Å². The van der Waals surface area contributed by atoms with Crippen molar-refractivity contribution in [3.63, 3.8) is 0 Å². The lowest BCUT2D eigenvalue weighted by atomic mass is 9.70. The molecule has 0 aromatic carbocycles. The molecule has 0 bridgehead atoms. The Hall–Kier alpha value is -1.34. The Morgan fingerprint density at radius 2 is 0.537 bits per heavy atom. The molecule has 18 fully saturated rings. The van der Waals surface area contributed by atoms with E-state index in [4.69, 9.17) is 37.9 Å². The summed E-state index contributed by atoms with van der Waals surface area (Å²) >= 11 is 0. The second-order valence-electron chi connectivity index (χ2n) is 52.4. The average molecular weight is 1910 g/mol.